The first-order chi connectivity index (χ1) is 8.04. The summed E-state index contributed by atoms with van der Waals surface area (Å²) in [6.07, 6.45) is 4.53. The Balaban J connectivity index is 2.78. The largest absolute Gasteiger partial charge is 0.414 e. The fraction of sp³-hybridized carbons (Fsp3) is 1.00. The Hall–Kier alpha value is 0.177. The molecule has 0 radical (unpaired) electrons. The van der Waals surface area contributed by atoms with Gasteiger partial charge in [-0.05, 0) is 48.7 Å². The van der Waals surface area contributed by atoms with E-state index in [0.29, 0.717) is 11.1 Å². The van der Waals surface area contributed by atoms with E-state index < -0.39 is 8.32 Å². The first-order valence-corrected chi connectivity index (χ1v) is 10.6. The van der Waals surface area contributed by atoms with Crippen molar-refractivity contribution < 1.29 is 4.43 Å². The molecule has 1 nitrogen and oxygen atoms in total. The molecule has 2 heteroatoms. The van der Waals surface area contributed by atoms with Gasteiger partial charge < -0.3 is 4.43 Å². The van der Waals surface area contributed by atoms with Crippen LogP contribution in [0.1, 0.15) is 60.8 Å². The molecule has 0 bridgehead atoms. The smallest absolute Gasteiger partial charge is 0.192 e. The van der Waals surface area contributed by atoms with Gasteiger partial charge in [0.25, 0.3) is 0 Å². The normalized spacial score (nSPS) is 30.8. The summed E-state index contributed by atoms with van der Waals surface area (Å²) in [4.78, 5) is 0. The second kappa shape index (κ2) is 5.66. The van der Waals surface area contributed by atoms with Crippen LogP contribution in [-0.4, -0.2) is 14.4 Å². The minimum Gasteiger partial charge on any atom is -0.414 e. The van der Waals surface area contributed by atoms with Gasteiger partial charge in [0.1, 0.15) is 0 Å². The standard InChI is InChI=1S/C16H34OSi/c1-12(2)14-10-9-13(3)11-15(14)17-18(7,8)16(4,5)6/h12-15H,9-11H2,1-8H3/t13?,14-,15?/m0/s1. The lowest BCUT2D eigenvalue weighted by Crippen LogP contribution is -2.48. The van der Waals surface area contributed by atoms with Gasteiger partial charge in [0.15, 0.2) is 8.32 Å². The molecule has 108 valence electrons. The Morgan fingerprint density at radius 3 is 2.11 bits per heavy atom. The number of hydrogen-bond acceptors (Lipinski definition) is 1. The molecule has 0 aromatic rings. The summed E-state index contributed by atoms with van der Waals surface area (Å²) in [6.45, 7) is 18.9. The lowest BCUT2D eigenvalue weighted by Gasteiger charge is -2.45. The Morgan fingerprint density at radius 2 is 1.67 bits per heavy atom. The van der Waals surface area contributed by atoms with Crippen LogP contribution >= 0.6 is 0 Å². The molecule has 1 fully saturated rings. The fourth-order valence-corrected chi connectivity index (χ4v) is 4.19. The summed E-state index contributed by atoms with van der Waals surface area (Å²) in [7, 11) is -1.61. The third-order valence-corrected chi connectivity index (χ3v) is 9.72. The lowest BCUT2D eigenvalue weighted by atomic mass is 9.75. The molecule has 0 aromatic heterocycles. The SMILES string of the molecule is CC1CC[C@@H](C(C)C)C(O[Si](C)(C)C(C)(C)C)C1. The molecule has 0 aromatic carbocycles. The Labute approximate surface area is 116 Å². The lowest BCUT2D eigenvalue weighted by molar-refractivity contribution is 0.0355. The molecule has 1 aliphatic carbocycles. The van der Waals surface area contributed by atoms with Crippen molar-refractivity contribution >= 4 is 8.32 Å². The summed E-state index contributed by atoms with van der Waals surface area (Å²) in [5.41, 5.74) is 0. The molecular weight excluding hydrogens is 236 g/mol. The summed E-state index contributed by atoms with van der Waals surface area (Å²) in [6, 6.07) is 0. The van der Waals surface area contributed by atoms with E-state index in [2.05, 4.69) is 54.6 Å². The van der Waals surface area contributed by atoms with Crippen LogP contribution in [0.3, 0.4) is 0 Å². The van der Waals surface area contributed by atoms with Crippen molar-refractivity contribution in [2.24, 2.45) is 17.8 Å². The van der Waals surface area contributed by atoms with Crippen molar-refractivity contribution in [1.82, 2.24) is 0 Å². The highest BCUT2D eigenvalue weighted by Crippen LogP contribution is 2.42. The average Bonchev–Trinajstić information content (AvgIpc) is 2.14. The van der Waals surface area contributed by atoms with E-state index in [1.165, 1.54) is 19.3 Å². The van der Waals surface area contributed by atoms with Gasteiger partial charge >= 0.3 is 0 Å². The molecular formula is C16H34OSi. The summed E-state index contributed by atoms with van der Waals surface area (Å²) in [5, 5.41) is 0.329. The van der Waals surface area contributed by atoms with Crippen LogP contribution < -0.4 is 0 Å². The van der Waals surface area contributed by atoms with E-state index in [0.717, 1.165) is 17.8 Å². The zero-order valence-corrected chi connectivity index (χ0v) is 14.8. The first-order valence-electron chi connectivity index (χ1n) is 7.72. The molecule has 1 rings (SSSR count). The molecule has 1 aliphatic rings. The van der Waals surface area contributed by atoms with Crippen molar-refractivity contribution in [3.05, 3.63) is 0 Å². The maximum atomic E-state index is 6.73. The van der Waals surface area contributed by atoms with Crippen LogP contribution in [0.15, 0.2) is 0 Å². The van der Waals surface area contributed by atoms with Gasteiger partial charge in [0.2, 0.25) is 0 Å². The van der Waals surface area contributed by atoms with Crippen molar-refractivity contribution in [3.8, 4) is 0 Å². The third kappa shape index (κ3) is 3.83. The topological polar surface area (TPSA) is 9.23 Å². The highest BCUT2D eigenvalue weighted by molar-refractivity contribution is 6.74. The molecule has 0 N–H and O–H groups in total. The van der Waals surface area contributed by atoms with Gasteiger partial charge in [0, 0.05) is 6.10 Å². The maximum absolute atomic E-state index is 6.73. The molecule has 18 heavy (non-hydrogen) atoms. The average molecular weight is 271 g/mol. The minimum atomic E-state index is -1.61. The highest BCUT2D eigenvalue weighted by Gasteiger charge is 2.42. The first kappa shape index (κ1) is 16.2. The predicted molar refractivity (Wildman–Crippen MR) is 83.4 cm³/mol. The predicted octanol–water partition coefficient (Wildman–Crippen LogP) is 5.47. The number of hydrogen-bond donors (Lipinski definition) is 0. The number of rotatable bonds is 3. The second-order valence-corrected chi connectivity index (χ2v) is 13.0. The monoisotopic (exact) mass is 270 g/mol. The van der Waals surface area contributed by atoms with Gasteiger partial charge in [0.05, 0.1) is 0 Å². The van der Waals surface area contributed by atoms with Crippen molar-refractivity contribution in [2.45, 2.75) is 85.0 Å². The van der Waals surface area contributed by atoms with Gasteiger partial charge in [-0.15, -0.1) is 0 Å². The van der Waals surface area contributed by atoms with Crippen molar-refractivity contribution in [2.75, 3.05) is 0 Å². The van der Waals surface area contributed by atoms with Crippen LogP contribution in [-0.2, 0) is 4.43 Å². The third-order valence-electron chi connectivity index (χ3n) is 5.21. The minimum absolute atomic E-state index is 0.329. The highest BCUT2D eigenvalue weighted by atomic mass is 28.4. The molecule has 0 saturated heterocycles. The Bertz CT molecular complexity index is 265. The van der Waals surface area contributed by atoms with E-state index in [-0.39, 0.29) is 0 Å². The van der Waals surface area contributed by atoms with Crippen LogP contribution in [0.4, 0.5) is 0 Å². The van der Waals surface area contributed by atoms with Crippen LogP contribution in [0.5, 0.6) is 0 Å². The molecule has 3 atom stereocenters. The summed E-state index contributed by atoms with van der Waals surface area (Å²) in [5.74, 6) is 2.37. The molecule has 0 aliphatic heterocycles. The Morgan fingerprint density at radius 1 is 1.11 bits per heavy atom. The quantitative estimate of drug-likeness (QED) is 0.618. The molecule has 0 heterocycles. The van der Waals surface area contributed by atoms with E-state index >= 15 is 0 Å². The molecule has 2 unspecified atom stereocenters. The van der Waals surface area contributed by atoms with Crippen molar-refractivity contribution in [3.63, 3.8) is 0 Å². The second-order valence-electron chi connectivity index (χ2n) is 8.24. The fourth-order valence-electron chi connectivity index (χ4n) is 2.81. The zero-order valence-electron chi connectivity index (χ0n) is 13.8. The van der Waals surface area contributed by atoms with Crippen LogP contribution in [0.25, 0.3) is 0 Å². The summed E-state index contributed by atoms with van der Waals surface area (Å²) >= 11 is 0. The van der Waals surface area contributed by atoms with Gasteiger partial charge in [-0.2, -0.15) is 0 Å². The van der Waals surface area contributed by atoms with E-state index in [1.807, 2.05) is 0 Å². The van der Waals surface area contributed by atoms with Crippen LogP contribution in [0, 0.1) is 17.8 Å². The molecule has 0 spiro atoms. The molecule has 1 saturated carbocycles. The van der Waals surface area contributed by atoms with E-state index in [1.54, 1.807) is 0 Å². The van der Waals surface area contributed by atoms with E-state index in [9.17, 15) is 0 Å². The molecule has 0 amide bonds. The van der Waals surface area contributed by atoms with Gasteiger partial charge in [-0.25, -0.2) is 0 Å². The summed E-state index contributed by atoms with van der Waals surface area (Å²) < 4.78 is 6.73. The van der Waals surface area contributed by atoms with Gasteiger partial charge in [-0.1, -0.05) is 48.0 Å². The maximum Gasteiger partial charge on any atom is 0.192 e. The van der Waals surface area contributed by atoms with Crippen LogP contribution in [0.2, 0.25) is 18.1 Å². The Kier molecular flexibility index (Phi) is 5.11. The van der Waals surface area contributed by atoms with Gasteiger partial charge in [-0.3, -0.25) is 0 Å². The zero-order chi connectivity index (χ0) is 14.1. The van der Waals surface area contributed by atoms with Crippen molar-refractivity contribution in [1.29, 1.82) is 0 Å². The van der Waals surface area contributed by atoms with E-state index in [4.69, 9.17) is 4.43 Å².